The first-order valence-corrected chi connectivity index (χ1v) is 26.4. The summed E-state index contributed by atoms with van der Waals surface area (Å²) in [6, 6.07) is 1.25. The lowest BCUT2D eigenvalue weighted by molar-refractivity contribution is -0.507. The maximum absolute atomic E-state index is 7.69. The largest absolute Gasteiger partial charge is 0.392 e. The van der Waals surface area contributed by atoms with Crippen LogP contribution in [0.1, 0.15) is 141 Å². The van der Waals surface area contributed by atoms with Crippen LogP contribution in [0.4, 0.5) is 0 Å². The average Bonchev–Trinajstić information content (AvgIpc) is 4.08. The molecule has 0 radical (unpaired) electrons. The Balaban J connectivity index is 1.69. The molecule has 0 amide bonds. The van der Waals surface area contributed by atoms with Gasteiger partial charge in [0, 0.05) is 57.6 Å². The summed E-state index contributed by atoms with van der Waals surface area (Å²) in [6.07, 6.45) is 4.61. The third-order valence-corrected chi connectivity index (χ3v) is 15.6. The van der Waals surface area contributed by atoms with Gasteiger partial charge in [-0.25, -0.2) is 0 Å². The van der Waals surface area contributed by atoms with Crippen molar-refractivity contribution in [2.24, 2.45) is 11.8 Å². The smallest absolute Gasteiger partial charge is 0.340 e. The molecule has 0 saturated carbocycles. The van der Waals surface area contributed by atoms with Crippen molar-refractivity contribution in [1.82, 2.24) is 0 Å². The van der Waals surface area contributed by atoms with Crippen LogP contribution in [0.25, 0.3) is 0 Å². The zero-order chi connectivity index (χ0) is 44.6. The van der Waals surface area contributed by atoms with E-state index in [0.29, 0.717) is 63.6 Å². The van der Waals surface area contributed by atoms with E-state index in [1.165, 1.54) is 0 Å². The summed E-state index contributed by atoms with van der Waals surface area (Å²) in [6.45, 7) is 31.6. The van der Waals surface area contributed by atoms with E-state index in [0.717, 1.165) is 64.6 Å². The molecule has 0 aliphatic carbocycles. The van der Waals surface area contributed by atoms with Gasteiger partial charge in [0.2, 0.25) is 5.79 Å². The first-order chi connectivity index (χ1) is 29.1. The highest BCUT2D eigenvalue weighted by Gasteiger charge is 2.64. The third kappa shape index (κ3) is 16.5. The third-order valence-electron chi connectivity index (χ3n) is 11.7. The summed E-state index contributed by atoms with van der Waals surface area (Å²) in [5.41, 5.74) is 0. The highest BCUT2D eigenvalue weighted by molar-refractivity contribution is 6.67. The van der Waals surface area contributed by atoms with E-state index < -0.39 is 38.8 Å². The fraction of sp³-hybridized carbons (Fsp3) is 1.00. The maximum Gasteiger partial charge on any atom is 0.340 e. The van der Waals surface area contributed by atoms with Gasteiger partial charge in [0.25, 0.3) is 0 Å². The van der Waals surface area contributed by atoms with Gasteiger partial charge in [0.1, 0.15) is 12.2 Å². The van der Waals surface area contributed by atoms with Gasteiger partial charge in [-0.05, 0) is 126 Å². The molecule has 4 fully saturated rings. The zero-order valence-electron chi connectivity index (χ0n) is 40.4. The van der Waals surface area contributed by atoms with Crippen LogP contribution in [0.3, 0.4) is 0 Å². The molecule has 61 heavy (non-hydrogen) atoms. The molecule has 15 heteroatoms. The summed E-state index contributed by atoms with van der Waals surface area (Å²) in [5.74, 6) is -2.83. The summed E-state index contributed by atoms with van der Waals surface area (Å²) in [5, 5.41) is 0. The molecule has 0 spiro atoms. The van der Waals surface area contributed by atoms with Gasteiger partial charge in [0.05, 0.1) is 49.8 Å². The summed E-state index contributed by atoms with van der Waals surface area (Å²) < 4.78 is 91.3. The first-order valence-electron chi connectivity index (χ1n) is 24.2. The summed E-state index contributed by atoms with van der Waals surface area (Å²) >= 11 is 0. The topological polar surface area (TPSA) is 136 Å². The average molecular weight is 893 g/mol. The molecule has 4 rings (SSSR count). The number of hydrogen-bond acceptors (Lipinski definition) is 14. The Morgan fingerprint density at radius 2 is 1.03 bits per heavy atom. The lowest BCUT2D eigenvalue weighted by Gasteiger charge is -2.52. The normalized spacial score (nSPS) is 27.9. The van der Waals surface area contributed by atoms with Crippen LogP contribution in [0, 0.1) is 11.8 Å². The van der Waals surface area contributed by atoms with Crippen LogP contribution >= 0.6 is 0 Å². The van der Waals surface area contributed by atoms with Crippen molar-refractivity contribution in [3.63, 3.8) is 0 Å². The predicted octanol–water partition coefficient (Wildman–Crippen LogP) is 8.65. The van der Waals surface area contributed by atoms with Crippen LogP contribution < -0.4 is 0 Å². The van der Waals surface area contributed by atoms with Gasteiger partial charge in [-0.3, -0.25) is 0 Å². The molecule has 4 heterocycles. The van der Waals surface area contributed by atoms with Gasteiger partial charge in [-0.15, -0.1) is 0 Å². The molecule has 4 saturated heterocycles. The Bertz CT molecular complexity index is 1150. The van der Waals surface area contributed by atoms with Gasteiger partial charge in [0.15, 0.2) is 12.6 Å². The van der Waals surface area contributed by atoms with E-state index in [1.807, 2.05) is 48.5 Å². The number of rotatable bonds is 37. The van der Waals surface area contributed by atoms with Gasteiger partial charge in [-0.1, -0.05) is 27.7 Å². The minimum atomic E-state index is -3.33. The number of epoxide rings is 2. The Labute approximate surface area is 370 Å². The zero-order valence-corrected chi connectivity index (χ0v) is 41.4. The lowest BCUT2D eigenvalue weighted by atomic mass is 9.95. The Morgan fingerprint density at radius 1 is 0.590 bits per heavy atom. The van der Waals surface area contributed by atoms with Crippen molar-refractivity contribution >= 4 is 8.56 Å². The molecule has 360 valence electrons. The number of ether oxygens (including phenoxy) is 12. The fourth-order valence-corrected chi connectivity index (χ4v) is 12.1. The van der Waals surface area contributed by atoms with Gasteiger partial charge >= 0.3 is 14.5 Å². The second kappa shape index (κ2) is 26.1. The van der Waals surface area contributed by atoms with Crippen molar-refractivity contribution in [2.45, 2.75) is 233 Å². The highest BCUT2D eigenvalue weighted by atomic mass is 28.4. The van der Waals surface area contributed by atoms with Crippen molar-refractivity contribution in [3.8, 4) is 0 Å². The summed E-state index contributed by atoms with van der Waals surface area (Å²) in [4.78, 5) is 0. The van der Waals surface area contributed by atoms with E-state index in [-0.39, 0.29) is 49.0 Å². The van der Waals surface area contributed by atoms with Crippen molar-refractivity contribution < 1.29 is 65.7 Å². The molecule has 4 aliphatic heterocycles. The van der Waals surface area contributed by atoms with E-state index in [2.05, 4.69) is 41.5 Å². The molecule has 4 aliphatic rings. The van der Waals surface area contributed by atoms with E-state index in [4.69, 9.17) is 65.7 Å². The molecule has 0 bridgehead atoms. The Hall–Kier alpha value is -0.343. The standard InChI is InChI=1S/C46H88O14Si/c1-14-22-51-43-41(53-43)35(11)57-45(13,46(55-32(5)6,56-33(7)8)58-36(12)42-44(54-42)52-23-15-2)60-61(59-34(9)10,28-18-24-47-30-37(16-3)39-20-26-49-39)29-19-25-48-31-38(17-4)40-21-27-50-40/h32-44H,14-31H2,1-13H3. The molecule has 0 aromatic carbocycles. The minimum absolute atomic E-state index is 0.156. The summed E-state index contributed by atoms with van der Waals surface area (Å²) in [7, 11) is -3.33. The molecule has 0 aromatic rings. The van der Waals surface area contributed by atoms with Crippen LogP contribution in [0.5, 0.6) is 0 Å². The SMILES string of the molecule is CCCOC1OC1C(C)OC(C)(O[Si](CCCOCC(CC)C1CCO1)(CCCOCC(CC)C1CCO1)OC(C)C)C(OC(C)C)(OC(C)C)OC(C)C1OC1OCCC. The minimum Gasteiger partial charge on any atom is -0.392 e. The Kier molecular flexibility index (Phi) is 22.8. The first kappa shape index (κ1) is 53.3. The monoisotopic (exact) mass is 893 g/mol. The number of hydrogen-bond donors (Lipinski definition) is 0. The molecule has 11 atom stereocenters. The van der Waals surface area contributed by atoms with E-state index >= 15 is 0 Å². The van der Waals surface area contributed by atoms with Crippen LogP contribution in [-0.2, 0) is 65.7 Å². The molecule has 0 N–H and O–H groups in total. The van der Waals surface area contributed by atoms with E-state index in [1.54, 1.807) is 0 Å². The molecular weight excluding hydrogens is 805 g/mol. The Morgan fingerprint density at radius 3 is 1.39 bits per heavy atom. The van der Waals surface area contributed by atoms with Crippen molar-refractivity contribution in [2.75, 3.05) is 52.9 Å². The van der Waals surface area contributed by atoms with Crippen LogP contribution in [0.2, 0.25) is 12.1 Å². The highest BCUT2D eigenvalue weighted by Crippen LogP contribution is 2.46. The quantitative estimate of drug-likeness (QED) is 0.0255. The van der Waals surface area contributed by atoms with E-state index in [9.17, 15) is 0 Å². The predicted molar refractivity (Wildman–Crippen MR) is 234 cm³/mol. The van der Waals surface area contributed by atoms with Crippen molar-refractivity contribution in [1.29, 1.82) is 0 Å². The molecule has 0 aromatic heterocycles. The fourth-order valence-electron chi connectivity index (χ4n) is 8.27. The van der Waals surface area contributed by atoms with Gasteiger partial charge in [-0.2, -0.15) is 0 Å². The lowest BCUT2D eigenvalue weighted by Crippen LogP contribution is -2.68. The van der Waals surface area contributed by atoms with Crippen LogP contribution in [0.15, 0.2) is 0 Å². The second-order valence-electron chi connectivity index (χ2n) is 18.4. The second-order valence-corrected chi connectivity index (χ2v) is 21.7. The van der Waals surface area contributed by atoms with Gasteiger partial charge < -0.3 is 65.7 Å². The molecular formula is C46H88O14Si. The molecule has 14 nitrogen and oxygen atoms in total. The van der Waals surface area contributed by atoms with Crippen LogP contribution in [-0.4, -0.2) is 141 Å². The molecule has 11 unspecified atom stereocenters. The van der Waals surface area contributed by atoms with Crippen molar-refractivity contribution in [3.05, 3.63) is 0 Å². The maximum atomic E-state index is 7.69.